The third kappa shape index (κ3) is 5.36. The van der Waals surface area contributed by atoms with Gasteiger partial charge >= 0.3 is 0 Å². The van der Waals surface area contributed by atoms with E-state index in [-0.39, 0.29) is 11.9 Å². The van der Waals surface area contributed by atoms with Gasteiger partial charge < -0.3 is 10.1 Å². The third-order valence-electron chi connectivity index (χ3n) is 4.01. The normalized spacial score (nSPS) is 12.4. The summed E-state index contributed by atoms with van der Waals surface area (Å²) in [6.45, 7) is 3.86. The molecular weight excluding hydrogens is 338 g/mol. The van der Waals surface area contributed by atoms with E-state index >= 15 is 0 Å². The van der Waals surface area contributed by atoms with Crippen molar-refractivity contribution in [3.8, 4) is 5.75 Å². The van der Waals surface area contributed by atoms with Gasteiger partial charge in [-0.3, -0.25) is 9.48 Å². The summed E-state index contributed by atoms with van der Waals surface area (Å²) in [6.07, 6.45) is 4.96. The zero-order chi connectivity index (χ0) is 18.4. The molecule has 1 atom stereocenters. The lowest BCUT2D eigenvalue weighted by atomic mass is 10.1. The molecule has 1 aromatic heterocycles. The number of carbonyl (C=O) groups is 1. The van der Waals surface area contributed by atoms with Crippen LogP contribution in [0, 0.1) is 6.92 Å². The van der Waals surface area contributed by atoms with Crippen LogP contribution in [-0.2, 0) is 18.3 Å². The maximum absolute atomic E-state index is 12.1. The number of hydrogen-bond acceptors (Lipinski definition) is 3. The van der Waals surface area contributed by atoms with Gasteiger partial charge in [0, 0.05) is 24.7 Å². The molecule has 1 N–H and O–H groups in total. The van der Waals surface area contributed by atoms with Crippen LogP contribution >= 0.6 is 11.6 Å². The molecule has 5 nitrogen and oxygen atoms in total. The first-order valence-electron chi connectivity index (χ1n) is 8.21. The van der Waals surface area contributed by atoms with Crippen LogP contribution in [0.5, 0.6) is 5.75 Å². The SMILES string of the molecule is COc1ccc(CCC(C)NC(=O)/C=C/c2c(C)nn(C)c2Cl)cc1. The predicted octanol–water partition coefficient (Wildman–Crippen LogP) is 3.54. The Labute approximate surface area is 153 Å². The van der Waals surface area contributed by atoms with Crippen molar-refractivity contribution in [3.05, 3.63) is 52.3 Å². The summed E-state index contributed by atoms with van der Waals surface area (Å²) in [5.74, 6) is 0.709. The van der Waals surface area contributed by atoms with E-state index in [0.717, 1.165) is 29.8 Å². The molecule has 0 radical (unpaired) electrons. The van der Waals surface area contributed by atoms with Gasteiger partial charge in [0.1, 0.15) is 10.9 Å². The number of nitrogens with zero attached hydrogens (tertiary/aromatic N) is 2. The Balaban J connectivity index is 1.84. The Hall–Kier alpha value is -2.27. The van der Waals surface area contributed by atoms with Gasteiger partial charge in [0.15, 0.2) is 0 Å². The first kappa shape index (κ1) is 19.1. The minimum Gasteiger partial charge on any atom is -0.497 e. The van der Waals surface area contributed by atoms with E-state index in [1.54, 1.807) is 24.9 Å². The molecule has 0 fully saturated rings. The molecule has 2 aromatic rings. The number of hydrogen-bond donors (Lipinski definition) is 1. The summed E-state index contributed by atoms with van der Waals surface area (Å²) in [6, 6.07) is 8.05. The summed E-state index contributed by atoms with van der Waals surface area (Å²) in [5.41, 5.74) is 2.78. The second kappa shape index (κ2) is 8.72. The van der Waals surface area contributed by atoms with Crippen molar-refractivity contribution in [3.63, 3.8) is 0 Å². The summed E-state index contributed by atoms with van der Waals surface area (Å²) in [4.78, 5) is 12.1. The first-order valence-corrected chi connectivity index (χ1v) is 8.59. The summed E-state index contributed by atoms with van der Waals surface area (Å²) in [7, 11) is 3.42. The standard InChI is InChI=1S/C19H24ClN3O2/c1-13(5-6-15-7-9-16(25-4)10-8-15)21-18(24)12-11-17-14(2)22-23(3)19(17)20/h7-13H,5-6H2,1-4H3,(H,21,24)/b12-11+. The fourth-order valence-electron chi connectivity index (χ4n) is 2.53. The van der Waals surface area contributed by atoms with Gasteiger partial charge in [-0.25, -0.2) is 0 Å². The lowest BCUT2D eigenvalue weighted by Gasteiger charge is -2.12. The highest BCUT2D eigenvalue weighted by Gasteiger charge is 2.09. The van der Waals surface area contributed by atoms with Gasteiger partial charge in [0.05, 0.1) is 12.8 Å². The number of nitrogens with one attached hydrogen (secondary N) is 1. The number of methoxy groups -OCH3 is 1. The van der Waals surface area contributed by atoms with Crippen LogP contribution in [0.4, 0.5) is 0 Å². The van der Waals surface area contributed by atoms with E-state index in [1.165, 1.54) is 11.6 Å². The quantitative estimate of drug-likeness (QED) is 0.767. The number of aromatic nitrogens is 2. The van der Waals surface area contributed by atoms with Crippen LogP contribution in [0.1, 0.15) is 30.2 Å². The van der Waals surface area contributed by atoms with Crippen molar-refractivity contribution in [1.82, 2.24) is 15.1 Å². The number of carbonyl (C=O) groups excluding carboxylic acids is 1. The maximum atomic E-state index is 12.1. The van der Waals surface area contributed by atoms with Crippen LogP contribution < -0.4 is 10.1 Å². The van der Waals surface area contributed by atoms with Gasteiger partial charge in [0.25, 0.3) is 0 Å². The first-order chi connectivity index (χ1) is 11.9. The van der Waals surface area contributed by atoms with E-state index in [4.69, 9.17) is 16.3 Å². The smallest absolute Gasteiger partial charge is 0.244 e. The lowest BCUT2D eigenvalue weighted by Crippen LogP contribution is -2.31. The van der Waals surface area contributed by atoms with Gasteiger partial charge in [-0.15, -0.1) is 0 Å². The highest BCUT2D eigenvalue weighted by atomic mass is 35.5. The molecule has 1 amide bonds. The van der Waals surface area contributed by atoms with Gasteiger partial charge in [-0.05, 0) is 50.5 Å². The maximum Gasteiger partial charge on any atom is 0.244 e. The number of halogens is 1. The Morgan fingerprint density at radius 2 is 2.08 bits per heavy atom. The molecule has 0 saturated carbocycles. The highest BCUT2D eigenvalue weighted by Crippen LogP contribution is 2.20. The molecule has 0 aliphatic rings. The molecule has 1 heterocycles. The minimum absolute atomic E-state index is 0.0738. The summed E-state index contributed by atoms with van der Waals surface area (Å²) >= 11 is 6.15. The molecular formula is C19H24ClN3O2. The van der Waals surface area contributed by atoms with Crippen LogP contribution in [0.3, 0.4) is 0 Å². The van der Waals surface area contributed by atoms with Crippen LogP contribution in [0.15, 0.2) is 30.3 Å². The fraction of sp³-hybridized carbons (Fsp3) is 0.368. The van der Waals surface area contributed by atoms with E-state index in [0.29, 0.717) is 5.15 Å². The Morgan fingerprint density at radius 3 is 2.64 bits per heavy atom. The van der Waals surface area contributed by atoms with Crippen molar-refractivity contribution in [2.45, 2.75) is 32.7 Å². The lowest BCUT2D eigenvalue weighted by molar-refractivity contribution is -0.117. The number of benzene rings is 1. The molecule has 0 saturated heterocycles. The fourth-order valence-corrected chi connectivity index (χ4v) is 2.77. The average Bonchev–Trinajstić information content (AvgIpc) is 2.84. The van der Waals surface area contributed by atoms with Crippen molar-refractivity contribution < 1.29 is 9.53 Å². The third-order valence-corrected chi connectivity index (χ3v) is 4.46. The summed E-state index contributed by atoms with van der Waals surface area (Å²) in [5, 5.41) is 7.71. The number of aryl methyl sites for hydroxylation is 3. The Kier molecular flexibility index (Phi) is 6.65. The van der Waals surface area contributed by atoms with Crippen LogP contribution in [-0.4, -0.2) is 28.8 Å². The van der Waals surface area contributed by atoms with Gasteiger partial charge in [-0.2, -0.15) is 5.10 Å². The second-order valence-corrected chi connectivity index (χ2v) is 6.40. The number of amides is 1. The monoisotopic (exact) mass is 361 g/mol. The molecule has 134 valence electrons. The molecule has 0 aliphatic carbocycles. The Bertz CT molecular complexity index is 751. The van der Waals surface area contributed by atoms with Gasteiger partial charge in [-0.1, -0.05) is 23.7 Å². The van der Waals surface area contributed by atoms with Crippen molar-refractivity contribution in [1.29, 1.82) is 0 Å². The van der Waals surface area contributed by atoms with Gasteiger partial charge in [0.2, 0.25) is 5.91 Å². The Morgan fingerprint density at radius 1 is 1.40 bits per heavy atom. The van der Waals surface area contributed by atoms with Crippen LogP contribution in [0.25, 0.3) is 6.08 Å². The molecule has 25 heavy (non-hydrogen) atoms. The van der Waals surface area contributed by atoms with Crippen molar-refractivity contribution in [2.75, 3.05) is 7.11 Å². The highest BCUT2D eigenvalue weighted by molar-refractivity contribution is 6.31. The molecule has 0 spiro atoms. The predicted molar refractivity (Wildman–Crippen MR) is 101 cm³/mol. The minimum atomic E-state index is -0.137. The van der Waals surface area contributed by atoms with Crippen molar-refractivity contribution >= 4 is 23.6 Å². The number of rotatable bonds is 7. The van der Waals surface area contributed by atoms with E-state index in [2.05, 4.69) is 10.4 Å². The second-order valence-electron chi connectivity index (χ2n) is 6.04. The molecule has 0 aliphatic heterocycles. The average molecular weight is 362 g/mol. The van der Waals surface area contributed by atoms with E-state index < -0.39 is 0 Å². The zero-order valence-corrected chi connectivity index (χ0v) is 15.8. The zero-order valence-electron chi connectivity index (χ0n) is 15.0. The topological polar surface area (TPSA) is 56.1 Å². The molecule has 0 bridgehead atoms. The molecule has 1 aromatic carbocycles. The van der Waals surface area contributed by atoms with Crippen LogP contribution in [0.2, 0.25) is 5.15 Å². The van der Waals surface area contributed by atoms with Crippen molar-refractivity contribution in [2.24, 2.45) is 7.05 Å². The largest absolute Gasteiger partial charge is 0.497 e. The van der Waals surface area contributed by atoms with E-state index in [1.807, 2.05) is 38.1 Å². The molecule has 6 heteroatoms. The summed E-state index contributed by atoms with van der Waals surface area (Å²) < 4.78 is 6.74. The molecule has 2 rings (SSSR count). The van der Waals surface area contributed by atoms with E-state index in [9.17, 15) is 4.79 Å². The number of ether oxygens (including phenoxy) is 1. The molecule has 1 unspecified atom stereocenters.